The molecule has 1 aromatic rings. The zero-order valence-corrected chi connectivity index (χ0v) is 10.9. The second kappa shape index (κ2) is 5.76. The molecule has 1 rings (SSSR count). The molecule has 0 radical (unpaired) electrons. The molecule has 1 aromatic carbocycles. The molecule has 2 heteroatoms. The van der Waals surface area contributed by atoms with E-state index in [1.54, 1.807) is 24.3 Å². The zero-order chi connectivity index (χ0) is 13.0. The largest absolute Gasteiger partial charge is 0.290 e. The molecule has 0 aliphatic heterocycles. The van der Waals surface area contributed by atoms with Gasteiger partial charge in [-0.2, -0.15) is 0 Å². The molecule has 0 amide bonds. The van der Waals surface area contributed by atoms with Crippen molar-refractivity contribution in [2.24, 2.45) is 17.8 Å². The molecule has 2 nitrogen and oxygen atoms in total. The highest BCUT2D eigenvalue weighted by atomic mass is 16.2. The summed E-state index contributed by atoms with van der Waals surface area (Å²) in [5.74, 6) is -0.438. The van der Waals surface area contributed by atoms with Gasteiger partial charge in [-0.25, -0.2) is 0 Å². The predicted octanol–water partition coefficient (Wildman–Crippen LogP) is 3.37. The summed E-state index contributed by atoms with van der Waals surface area (Å²) in [6.07, 6.45) is 0. The Morgan fingerprint density at radius 1 is 0.882 bits per heavy atom. The number of carbonyl (C=O) groups is 2. The maximum atomic E-state index is 12.2. The van der Waals surface area contributed by atoms with Gasteiger partial charge in [0.15, 0.2) is 0 Å². The minimum atomic E-state index is -0.363. The summed E-state index contributed by atoms with van der Waals surface area (Å²) in [6.45, 7) is 7.95. The molecule has 0 aromatic heterocycles. The van der Waals surface area contributed by atoms with Crippen LogP contribution >= 0.6 is 0 Å². The summed E-state index contributed by atoms with van der Waals surface area (Å²) in [5.41, 5.74) is 0.490. The second-order valence-corrected chi connectivity index (χ2v) is 5.07. The Morgan fingerprint density at radius 3 is 1.76 bits per heavy atom. The van der Waals surface area contributed by atoms with Crippen LogP contribution in [0.15, 0.2) is 30.3 Å². The number of Topliss-reactive ketones (excluding diaryl/α,β-unsaturated/α-hetero) is 2. The molecular weight excluding hydrogens is 212 g/mol. The number of rotatable bonds is 5. The Kier molecular flexibility index (Phi) is 4.62. The van der Waals surface area contributed by atoms with Crippen molar-refractivity contribution in [1.82, 2.24) is 0 Å². The summed E-state index contributed by atoms with van der Waals surface area (Å²) in [4.78, 5) is 24.2. The first kappa shape index (κ1) is 13.6. The van der Waals surface area contributed by atoms with E-state index in [-0.39, 0.29) is 29.3 Å². The molecule has 0 N–H and O–H groups in total. The van der Waals surface area contributed by atoms with Crippen molar-refractivity contribution in [2.45, 2.75) is 27.7 Å². The van der Waals surface area contributed by atoms with Crippen LogP contribution in [-0.2, 0) is 4.79 Å². The normalized spacial score (nSPS) is 11.2. The molecule has 0 saturated carbocycles. The highest BCUT2D eigenvalue weighted by molar-refractivity contribution is 6.44. The van der Waals surface area contributed by atoms with Crippen LogP contribution in [0.3, 0.4) is 0 Å². The maximum absolute atomic E-state index is 12.2. The van der Waals surface area contributed by atoms with E-state index < -0.39 is 0 Å². The van der Waals surface area contributed by atoms with Gasteiger partial charge >= 0.3 is 0 Å². The fraction of sp³-hybridized carbons (Fsp3) is 0.467. The van der Waals surface area contributed by atoms with Crippen LogP contribution in [0.5, 0.6) is 0 Å². The van der Waals surface area contributed by atoms with Gasteiger partial charge < -0.3 is 0 Å². The van der Waals surface area contributed by atoms with E-state index in [1.807, 2.05) is 33.8 Å². The molecule has 0 atom stereocenters. The maximum Gasteiger partial charge on any atom is 0.228 e. The molecule has 0 spiro atoms. The van der Waals surface area contributed by atoms with Gasteiger partial charge in [-0.1, -0.05) is 58.0 Å². The van der Waals surface area contributed by atoms with Crippen LogP contribution in [0.2, 0.25) is 0 Å². The first-order valence-electron chi connectivity index (χ1n) is 6.08. The zero-order valence-electron chi connectivity index (χ0n) is 10.9. The number of hydrogen-bond acceptors (Lipinski definition) is 2. The lowest BCUT2D eigenvalue weighted by Crippen LogP contribution is -2.31. The Labute approximate surface area is 103 Å². The minimum absolute atomic E-state index is 0.190. The summed E-state index contributed by atoms with van der Waals surface area (Å²) in [7, 11) is 0. The van der Waals surface area contributed by atoms with Gasteiger partial charge in [-0.05, 0) is 11.8 Å². The Morgan fingerprint density at radius 2 is 1.35 bits per heavy atom. The Hall–Kier alpha value is -1.44. The number of hydrogen-bond donors (Lipinski definition) is 0. The smallest absolute Gasteiger partial charge is 0.228 e. The van der Waals surface area contributed by atoms with Gasteiger partial charge in [-0.3, -0.25) is 9.59 Å². The van der Waals surface area contributed by atoms with E-state index in [9.17, 15) is 9.59 Å². The van der Waals surface area contributed by atoms with Crippen molar-refractivity contribution in [3.05, 3.63) is 35.9 Å². The fourth-order valence-electron chi connectivity index (χ4n) is 2.26. The van der Waals surface area contributed by atoms with Crippen LogP contribution < -0.4 is 0 Å². The third-order valence-corrected chi connectivity index (χ3v) is 3.00. The minimum Gasteiger partial charge on any atom is -0.290 e. The second-order valence-electron chi connectivity index (χ2n) is 5.07. The van der Waals surface area contributed by atoms with Gasteiger partial charge in [0.05, 0.1) is 0 Å². The van der Waals surface area contributed by atoms with E-state index >= 15 is 0 Å². The predicted molar refractivity (Wildman–Crippen MR) is 68.9 cm³/mol. The lowest BCUT2D eigenvalue weighted by Gasteiger charge is -2.22. The van der Waals surface area contributed by atoms with Crippen molar-refractivity contribution >= 4 is 11.6 Å². The molecule has 0 saturated heterocycles. The van der Waals surface area contributed by atoms with Crippen LogP contribution in [-0.4, -0.2) is 11.6 Å². The van der Waals surface area contributed by atoms with E-state index in [1.165, 1.54) is 0 Å². The monoisotopic (exact) mass is 232 g/mol. The van der Waals surface area contributed by atoms with Gasteiger partial charge in [0.2, 0.25) is 11.6 Å². The fourth-order valence-corrected chi connectivity index (χ4v) is 2.26. The van der Waals surface area contributed by atoms with E-state index in [0.717, 1.165) is 0 Å². The van der Waals surface area contributed by atoms with Crippen molar-refractivity contribution in [1.29, 1.82) is 0 Å². The van der Waals surface area contributed by atoms with Crippen LogP contribution in [0.1, 0.15) is 38.1 Å². The first-order chi connectivity index (χ1) is 7.95. The average molecular weight is 232 g/mol. The summed E-state index contributed by atoms with van der Waals surface area (Å²) in [6, 6.07) is 8.78. The van der Waals surface area contributed by atoms with Crippen molar-refractivity contribution < 1.29 is 9.59 Å². The summed E-state index contributed by atoms with van der Waals surface area (Å²) in [5, 5.41) is 0. The molecule has 0 aliphatic rings. The lowest BCUT2D eigenvalue weighted by molar-refractivity contribution is -0.121. The lowest BCUT2D eigenvalue weighted by atomic mass is 9.80. The van der Waals surface area contributed by atoms with Crippen LogP contribution in [0.4, 0.5) is 0 Å². The van der Waals surface area contributed by atoms with Crippen molar-refractivity contribution in [3.63, 3.8) is 0 Å². The number of ketones is 2. The SMILES string of the molecule is CC(C)C(C(=O)C(=O)c1ccccc1)C(C)C. The molecule has 0 aliphatic carbocycles. The molecule has 0 bridgehead atoms. The highest BCUT2D eigenvalue weighted by Crippen LogP contribution is 2.23. The van der Waals surface area contributed by atoms with E-state index in [2.05, 4.69) is 0 Å². The number of carbonyl (C=O) groups excluding carboxylic acids is 2. The van der Waals surface area contributed by atoms with Gasteiger partial charge in [0.1, 0.15) is 0 Å². The average Bonchev–Trinajstić information content (AvgIpc) is 2.28. The summed E-state index contributed by atoms with van der Waals surface area (Å²) < 4.78 is 0. The van der Waals surface area contributed by atoms with Gasteiger partial charge in [0, 0.05) is 11.5 Å². The summed E-state index contributed by atoms with van der Waals surface area (Å²) >= 11 is 0. The van der Waals surface area contributed by atoms with Crippen molar-refractivity contribution in [2.75, 3.05) is 0 Å². The first-order valence-corrected chi connectivity index (χ1v) is 6.08. The standard InChI is InChI=1S/C15H20O2/c1-10(2)13(11(3)4)15(17)14(16)12-8-6-5-7-9-12/h5-11,13H,1-4H3. The Bertz CT molecular complexity index is 383. The topological polar surface area (TPSA) is 34.1 Å². The molecule has 92 valence electrons. The highest BCUT2D eigenvalue weighted by Gasteiger charge is 2.30. The van der Waals surface area contributed by atoms with Gasteiger partial charge in [0.25, 0.3) is 0 Å². The molecule has 0 unspecified atom stereocenters. The molecular formula is C15H20O2. The van der Waals surface area contributed by atoms with Crippen molar-refractivity contribution in [3.8, 4) is 0 Å². The third-order valence-electron chi connectivity index (χ3n) is 3.00. The quantitative estimate of drug-likeness (QED) is 0.576. The van der Waals surface area contributed by atoms with Gasteiger partial charge in [-0.15, -0.1) is 0 Å². The molecule has 0 fully saturated rings. The van der Waals surface area contributed by atoms with Crippen LogP contribution in [0, 0.1) is 17.8 Å². The van der Waals surface area contributed by atoms with E-state index in [0.29, 0.717) is 5.56 Å². The van der Waals surface area contributed by atoms with E-state index in [4.69, 9.17) is 0 Å². The Balaban J connectivity index is 2.93. The molecule has 0 heterocycles. The number of benzene rings is 1. The molecule has 17 heavy (non-hydrogen) atoms. The van der Waals surface area contributed by atoms with Crippen LogP contribution in [0.25, 0.3) is 0 Å². The third kappa shape index (κ3) is 3.26.